The molecule has 68 valence electrons. The fourth-order valence-electron chi connectivity index (χ4n) is 1.01. The molecule has 0 aliphatic heterocycles. The molecule has 4 nitrogen and oxygen atoms in total. The second-order valence-electron chi connectivity index (χ2n) is 2.66. The van der Waals surface area contributed by atoms with Crippen molar-refractivity contribution in [2.75, 3.05) is 6.61 Å². The molecule has 0 amide bonds. The first-order valence-corrected chi connectivity index (χ1v) is 3.80. The topological polar surface area (TPSA) is 80.9 Å². The summed E-state index contributed by atoms with van der Waals surface area (Å²) < 4.78 is 0. The largest absolute Gasteiger partial charge is 0.396 e. The molecule has 0 saturated carbocycles. The van der Waals surface area contributed by atoms with E-state index in [-0.39, 0.29) is 6.61 Å². The molecule has 0 aromatic heterocycles. The second-order valence-corrected chi connectivity index (χ2v) is 2.66. The van der Waals surface area contributed by atoms with Crippen LogP contribution in [0.25, 0.3) is 0 Å². The van der Waals surface area contributed by atoms with Crippen LogP contribution in [0.3, 0.4) is 0 Å². The molecule has 1 unspecified atom stereocenters. The normalized spacial score (nSPS) is 15.0. The zero-order valence-corrected chi connectivity index (χ0v) is 6.69. The van der Waals surface area contributed by atoms with Crippen molar-refractivity contribution in [1.82, 2.24) is 0 Å². The summed E-state index contributed by atoms with van der Waals surface area (Å²) in [5.41, 5.74) is 0. The van der Waals surface area contributed by atoms with Gasteiger partial charge in [0.05, 0.1) is 0 Å². The van der Waals surface area contributed by atoms with Gasteiger partial charge in [-0.3, -0.25) is 0 Å². The van der Waals surface area contributed by atoms with Gasteiger partial charge in [0, 0.05) is 12.5 Å². The van der Waals surface area contributed by atoms with Crippen molar-refractivity contribution >= 4 is 0 Å². The predicted molar refractivity (Wildman–Crippen MR) is 39.5 cm³/mol. The van der Waals surface area contributed by atoms with Crippen molar-refractivity contribution in [1.29, 1.82) is 0 Å². The number of hydrogen-bond acceptors (Lipinski definition) is 4. The van der Waals surface area contributed by atoms with Gasteiger partial charge in [0.15, 0.2) is 0 Å². The lowest BCUT2D eigenvalue weighted by atomic mass is 9.98. The zero-order valence-electron chi connectivity index (χ0n) is 6.69. The third-order valence-corrected chi connectivity index (χ3v) is 1.75. The zero-order chi connectivity index (χ0) is 8.91. The molecule has 4 N–H and O–H groups in total. The molecule has 0 bridgehead atoms. The van der Waals surface area contributed by atoms with E-state index in [0.29, 0.717) is 19.3 Å². The Hall–Kier alpha value is -0.160. The summed E-state index contributed by atoms with van der Waals surface area (Å²) in [7, 11) is 0. The first-order chi connectivity index (χ1) is 5.02. The lowest BCUT2D eigenvalue weighted by Gasteiger charge is -2.24. The van der Waals surface area contributed by atoms with E-state index in [0.717, 1.165) is 0 Å². The first-order valence-electron chi connectivity index (χ1n) is 3.80. The van der Waals surface area contributed by atoms with Crippen LogP contribution in [0.1, 0.15) is 26.2 Å². The monoisotopic (exact) mass is 164 g/mol. The van der Waals surface area contributed by atoms with E-state index < -0.39 is 11.9 Å². The summed E-state index contributed by atoms with van der Waals surface area (Å²) in [6, 6.07) is 0. The molecular formula is C7H16O4. The van der Waals surface area contributed by atoms with E-state index in [9.17, 15) is 0 Å². The van der Waals surface area contributed by atoms with Gasteiger partial charge in [-0.2, -0.15) is 0 Å². The number of hydrogen-bond donors (Lipinski definition) is 4. The fraction of sp³-hybridized carbons (Fsp3) is 1.00. The minimum Gasteiger partial charge on any atom is -0.396 e. The van der Waals surface area contributed by atoms with E-state index in [2.05, 4.69) is 0 Å². The summed E-state index contributed by atoms with van der Waals surface area (Å²) >= 11 is 0. The van der Waals surface area contributed by atoms with E-state index in [1.807, 2.05) is 0 Å². The maximum absolute atomic E-state index is 8.73. The third kappa shape index (κ3) is 4.31. The van der Waals surface area contributed by atoms with Gasteiger partial charge in [-0.05, 0) is 19.3 Å². The van der Waals surface area contributed by atoms with Crippen molar-refractivity contribution in [2.24, 2.45) is 5.92 Å². The Balaban J connectivity index is 3.76. The molecule has 0 spiro atoms. The van der Waals surface area contributed by atoms with Crippen molar-refractivity contribution in [2.45, 2.75) is 32.2 Å². The van der Waals surface area contributed by atoms with Crippen molar-refractivity contribution in [3.63, 3.8) is 0 Å². The first kappa shape index (κ1) is 10.8. The summed E-state index contributed by atoms with van der Waals surface area (Å²) in [6.07, 6.45) is 1.36. The minimum absolute atomic E-state index is 0.00653. The van der Waals surface area contributed by atoms with Gasteiger partial charge in [-0.1, -0.05) is 6.92 Å². The summed E-state index contributed by atoms with van der Waals surface area (Å²) in [4.78, 5) is 0. The Labute approximate surface area is 66.1 Å². The van der Waals surface area contributed by atoms with Crippen LogP contribution in [0.4, 0.5) is 0 Å². The van der Waals surface area contributed by atoms with Crippen LogP contribution in [0.2, 0.25) is 0 Å². The highest BCUT2D eigenvalue weighted by Gasteiger charge is 2.29. The molecule has 0 aliphatic carbocycles. The van der Waals surface area contributed by atoms with Crippen LogP contribution in [-0.2, 0) is 0 Å². The van der Waals surface area contributed by atoms with Gasteiger partial charge in [-0.25, -0.2) is 0 Å². The maximum Gasteiger partial charge on any atom is 0.278 e. The third-order valence-electron chi connectivity index (χ3n) is 1.75. The molecule has 0 fully saturated rings. The van der Waals surface area contributed by atoms with E-state index in [4.69, 9.17) is 20.4 Å². The Morgan fingerprint density at radius 2 is 1.82 bits per heavy atom. The molecule has 11 heavy (non-hydrogen) atoms. The number of aliphatic hydroxyl groups is 4. The fourth-order valence-corrected chi connectivity index (χ4v) is 1.01. The Bertz CT molecular complexity index is 97.1. The van der Waals surface area contributed by atoms with Crippen LogP contribution >= 0.6 is 0 Å². The smallest absolute Gasteiger partial charge is 0.278 e. The Morgan fingerprint density at radius 3 is 2.09 bits per heavy atom. The standard InChI is InChI=1S/C7H16O4/c1-2-6(4-3-5-8)7(9,10)11/h6,8-11H,2-5H2,1H3. The quantitative estimate of drug-likeness (QED) is 0.410. The number of aliphatic hydroxyl groups excluding tert-OH is 1. The summed E-state index contributed by atoms with van der Waals surface area (Å²) in [5.74, 6) is -3.17. The van der Waals surface area contributed by atoms with E-state index >= 15 is 0 Å². The van der Waals surface area contributed by atoms with Crippen LogP contribution in [0, 0.1) is 5.92 Å². The van der Waals surface area contributed by atoms with Crippen molar-refractivity contribution in [3.8, 4) is 0 Å². The maximum atomic E-state index is 8.73. The Morgan fingerprint density at radius 1 is 1.27 bits per heavy atom. The van der Waals surface area contributed by atoms with E-state index in [1.54, 1.807) is 6.92 Å². The summed E-state index contributed by atoms with van der Waals surface area (Å²) in [5, 5.41) is 34.6. The van der Waals surface area contributed by atoms with E-state index in [1.165, 1.54) is 0 Å². The Kier molecular flexibility index (Phi) is 4.60. The molecule has 1 atom stereocenters. The van der Waals surface area contributed by atoms with Crippen LogP contribution in [-0.4, -0.2) is 33.0 Å². The SMILES string of the molecule is CCC(CCCO)C(O)(O)O. The molecule has 0 aromatic rings. The molecule has 0 aliphatic rings. The lowest BCUT2D eigenvalue weighted by Crippen LogP contribution is -2.37. The highest BCUT2D eigenvalue weighted by atomic mass is 16.7. The number of rotatable bonds is 5. The van der Waals surface area contributed by atoms with Gasteiger partial charge in [0.2, 0.25) is 0 Å². The average molecular weight is 164 g/mol. The predicted octanol–water partition coefficient (Wildman–Crippen LogP) is -0.584. The van der Waals surface area contributed by atoms with Gasteiger partial charge in [0.1, 0.15) is 0 Å². The van der Waals surface area contributed by atoms with Gasteiger partial charge in [-0.15, -0.1) is 0 Å². The molecule has 0 saturated heterocycles. The lowest BCUT2D eigenvalue weighted by molar-refractivity contribution is -0.343. The molecular weight excluding hydrogens is 148 g/mol. The highest BCUT2D eigenvalue weighted by molar-refractivity contribution is 4.63. The van der Waals surface area contributed by atoms with Gasteiger partial charge < -0.3 is 20.4 Å². The van der Waals surface area contributed by atoms with Gasteiger partial charge >= 0.3 is 0 Å². The highest BCUT2D eigenvalue weighted by Crippen LogP contribution is 2.20. The minimum atomic E-state index is -2.59. The van der Waals surface area contributed by atoms with Crippen LogP contribution in [0.5, 0.6) is 0 Å². The molecule has 0 aromatic carbocycles. The summed E-state index contributed by atoms with van der Waals surface area (Å²) in [6.45, 7) is 1.76. The van der Waals surface area contributed by atoms with Crippen LogP contribution in [0.15, 0.2) is 0 Å². The molecule has 0 rings (SSSR count). The molecule has 0 radical (unpaired) electrons. The van der Waals surface area contributed by atoms with Crippen LogP contribution < -0.4 is 0 Å². The van der Waals surface area contributed by atoms with Crippen molar-refractivity contribution < 1.29 is 20.4 Å². The van der Waals surface area contributed by atoms with Crippen molar-refractivity contribution in [3.05, 3.63) is 0 Å². The second kappa shape index (κ2) is 4.66. The average Bonchev–Trinajstić information content (AvgIpc) is 1.87. The molecule has 4 heteroatoms. The van der Waals surface area contributed by atoms with Gasteiger partial charge in [0.25, 0.3) is 5.97 Å². The molecule has 0 heterocycles.